The summed E-state index contributed by atoms with van der Waals surface area (Å²) >= 11 is 19.5. The van der Waals surface area contributed by atoms with Crippen LogP contribution in [0.25, 0.3) is 0 Å². The van der Waals surface area contributed by atoms with Crippen LogP contribution in [0.5, 0.6) is 0 Å². The summed E-state index contributed by atoms with van der Waals surface area (Å²) in [5.41, 5.74) is -0.593. The predicted octanol–water partition coefficient (Wildman–Crippen LogP) is 8.20. The van der Waals surface area contributed by atoms with E-state index in [4.69, 9.17) is 35.4 Å². The second-order valence-electron chi connectivity index (χ2n) is 11.5. The highest BCUT2D eigenvalue weighted by Crippen LogP contribution is 2.62. The first kappa shape index (κ1) is 30.1. The molecule has 0 aliphatic carbocycles. The first-order valence-corrected chi connectivity index (χ1v) is 15.9. The molecule has 0 bridgehead atoms. The molecule has 0 aromatic heterocycles. The van der Waals surface area contributed by atoms with E-state index < -0.39 is 28.4 Å². The quantitative estimate of drug-likeness (QED) is 0.108. The second kappa shape index (κ2) is 11.6. The number of thiocarbonyl (C=S) groups is 1. The smallest absolute Gasteiger partial charge is 0.258 e. The maximum atomic E-state index is 15.2. The molecule has 2 atom stereocenters. The number of nitrogens with zero attached hydrogens (tertiary/aromatic N) is 1. The zero-order valence-corrected chi connectivity index (χ0v) is 26.7. The van der Waals surface area contributed by atoms with Gasteiger partial charge in [0.25, 0.3) is 5.91 Å². The first-order chi connectivity index (χ1) is 22.3. The molecule has 5 aromatic carbocycles. The van der Waals surface area contributed by atoms with Crippen molar-refractivity contribution in [2.45, 2.75) is 18.0 Å². The Hall–Kier alpha value is -4.62. The van der Waals surface area contributed by atoms with Crippen LogP contribution in [-0.4, -0.2) is 22.5 Å². The van der Waals surface area contributed by atoms with Gasteiger partial charge in [-0.1, -0.05) is 151 Å². The van der Waals surface area contributed by atoms with Crippen LogP contribution in [-0.2, 0) is 16.9 Å². The number of nitrogens with one attached hydrogen (secondary N) is 1. The number of amides is 1. The van der Waals surface area contributed by atoms with Crippen LogP contribution >= 0.6 is 35.4 Å². The molecule has 1 amide bonds. The lowest BCUT2D eigenvalue weighted by atomic mass is 9.59. The highest BCUT2D eigenvalue weighted by molar-refractivity contribution is 7.80. The van der Waals surface area contributed by atoms with Gasteiger partial charge in [0, 0.05) is 32.7 Å². The fraction of sp³-hybridized carbons (Fsp3) is 0.105. The highest BCUT2D eigenvalue weighted by atomic mass is 35.5. The molecule has 7 rings (SSSR count). The summed E-state index contributed by atoms with van der Waals surface area (Å²) in [5.74, 6) is -2.59. The van der Waals surface area contributed by atoms with Crippen LogP contribution < -0.4 is 10.2 Å². The highest BCUT2D eigenvalue weighted by Gasteiger charge is 2.74. The molecule has 8 heteroatoms. The Morgan fingerprint density at radius 3 is 1.87 bits per heavy atom. The van der Waals surface area contributed by atoms with Crippen LogP contribution in [0.15, 0.2) is 133 Å². The van der Waals surface area contributed by atoms with Crippen molar-refractivity contribution in [3.05, 3.63) is 171 Å². The Balaban J connectivity index is 1.56. The number of ketones is 2. The maximum Gasteiger partial charge on any atom is 0.258 e. The van der Waals surface area contributed by atoms with Crippen LogP contribution in [0.1, 0.15) is 43.3 Å². The topological polar surface area (TPSA) is 66.5 Å². The van der Waals surface area contributed by atoms with Crippen LogP contribution in [0.4, 0.5) is 5.69 Å². The minimum absolute atomic E-state index is 0.0454. The number of carbonyl (C=O) groups excluding carboxylic acids is 3. The summed E-state index contributed by atoms with van der Waals surface area (Å²) in [6.07, 6.45) is 0. The number of fused-ring (bicyclic) bond motifs is 2. The number of anilines is 1. The van der Waals surface area contributed by atoms with Gasteiger partial charge in [-0.2, -0.15) is 0 Å². The van der Waals surface area contributed by atoms with Crippen molar-refractivity contribution in [1.29, 1.82) is 0 Å². The van der Waals surface area contributed by atoms with E-state index in [1.807, 2.05) is 54.6 Å². The molecule has 46 heavy (non-hydrogen) atoms. The van der Waals surface area contributed by atoms with E-state index in [1.165, 1.54) is 0 Å². The number of hydrogen-bond acceptors (Lipinski definition) is 4. The number of carbonyl (C=O) groups is 3. The van der Waals surface area contributed by atoms with Gasteiger partial charge in [0.05, 0.1) is 17.2 Å². The molecule has 1 N–H and O–H groups in total. The minimum Gasteiger partial charge on any atom is -0.360 e. The SMILES string of the molecule is O=C(c1ccccc1)C1(C(=O)c2ccccc2)C(=S)NC2(C(=O)N(Cc3ccccc3)c3ccccc32)C1c1ccc(Cl)cc1Cl. The molecule has 1 fully saturated rings. The van der Waals surface area contributed by atoms with Gasteiger partial charge >= 0.3 is 0 Å². The average Bonchev–Trinajstić information content (AvgIpc) is 3.49. The normalized spacial score (nSPS) is 19.6. The number of rotatable bonds is 7. The van der Waals surface area contributed by atoms with E-state index in [2.05, 4.69) is 5.32 Å². The third kappa shape index (κ3) is 4.43. The van der Waals surface area contributed by atoms with Gasteiger partial charge in [-0.15, -0.1) is 0 Å². The largest absolute Gasteiger partial charge is 0.360 e. The fourth-order valence-corrected chi connectivity index (χ4v) is 8.00. The molecular formula is C38H26Cl2N2O3S. The Bertz CT molecular complexity index is 1970. The van der Waals surface area contributed by atoms with Crippen molar-refractivity contribution < 1.29 is 14.4 Å². The number of benzene rings is 5. The van der Waals surface area contributed by atoms with Crippen LogP contribution in [0.2, 0.25) is 10.0 Å². The first-order valence-electron chi connectivity index (χ1n) is 14.7. The van der Waals surface area contributed by atoms with Gasteiger partial charge in [0.2, 0.25) is 0 Å². The number of hydrogen-bond donors (Lipinski definition) is 1. The number of Topliss-reactive ketones (excluding diaryl/α,β-unsaturated/α-hetero) is 2. The van der Waals surface area contributed by atoms with Crippen molar-refractivity contribution in [2.75, 3.05) is 4.90 Å². The molecule has 5 aromatic rings. The summed E-state index contributed by atoms with van der Waals surface area (Å²) in [5, 5.41) is 3.92. The lowest BCUT2D eigenvalue weighted by molar-refractivity contribution is -0.124. The van der Waals surface area contributed by atoms with Gasteiger partial charge in [0.1, 0.15) is 0 Å². The van der Waals surface area contributed by atoms with Crippen LogP contribution in [0, 0.1) is 5.41 Å². The molecule has 0 saturated carbocycles. The zero-order valence-electron chi connectivity index (χ0n) is 24.3. The molecular weight excluding hydrogens is 635 g/mol. The van der Waals surface area contributed by atoms with E-state index >= 15 is 14.4 Å². The Kier molecular flexibility index (Phi) is 7.60. The molecule has 226 valence electrons. The molecule has 1 spiro atoms. The van der Waals surface area contributed by atoms with E-state index in [-0.39, 0.29) is 33.6 Å². The molecule has 2 heterocycles. The third-order valence-corrected chi connectivity index (χ3v) is 9.97. The van der Waals surface area contributed by atoms with Crippen molar-refractivity contribution in [3.63, 3.8) is 0 Å². The van der Waals surface area contributed by atoms with Gasteiger partial charge in [-0.25, -0.2) is 0 Å². The standard InChI is InChI=1S/C38H26Cl2N2O3S/c39-27-20-21-28(30(40)22-27)32-37(33(43)25-14-6-2-7-15-25,34(44)26-16-8-3-9-17-26)35(46)41-38(32)29-18-10-11-19-31(29)42(36(38)45)23-24-12-4-1-5-13-24/h1-22,32H,23H2,(H,41,46). The van der Waals surface area contributed by atoms with Gasteiger partial charge in [-0.05, 0) is 29.3 Å². The molecule has 5 nitrogen and oxygen atoms in total. The monoisotopic (exact) mass is 660 g/mol. The van der Waals surface area contributed by atoms with Crippen molar-refractivity contribution in [3.8, 4) is 0 Å². The zero-order chi connectivity index (χ0) is 32.1. The van der Waals surface area contributed by atoms with Crippen molar-refractivity contribution in [1.82, 2.24) is 5.32 Å². The van der Waals surface area contributed by atoms with E-state index in [9.17, 15) is 0 Å². The molecule has 2 aliphatic rings. The van der Waals surface area contributed by atoms with Crippen molar-refractivity contribution >= 4 is 63.6 Å². The number of para-hydroxylation sites is 1. The lowest BCUT2D eigenvalue weighted by Gasteiger charge is -2.38. The average molecular weight is 662 g/mol. The lowest BCUT2D eigenvalue weighted by Crippen LogP contribution is -2.52. The fourth-order valence-electron chi connectivity index (χ4n) is 7.02. The third-order valence-electron chi connectivity index (χ3n) is 8.98. The maximum absolute atomic E-state index is 15.2. The summed E-state index contributed by atoms with van der Waals surface area (Å²) in [6, 6.07) is 39.1. The minimum atomic E-state index is -2.05. The van der Waals surface area contributed by atoms with Gasteiger partial charge in [-0.3, -0.25) is 14.4 Å². The summed E-state index contributed by atoms with van der Waals surface area (Å²) in [7, 11) is 0. The Morgan fingerprint density at radius 1 is 0.739 bits per heavy atom. The Morgan fingerprint density at radius 2 is 1.28 bits per heavy atom. The summed E-state index contributed by atoms with van der Waals surface area (Å²) < 4.78 is 0. The predicted molar refractivity (Wildman–Crippen MR) is 185 cm³/mol. The van der Waals surface area contributed by atoms with Crippen molar-refractivity contribution in [2.24, 2.45) is 5.41 Å². The van der Waals surface area contributed by atoms with Crippen LogP contribution in [0.3, 0.4) is 0 Å². The van der Waals surface area contributed by atoms with Gasteiger partial charge < -0.3 is 10.2 Å². The van der Waals surface area contributed by atoms with E-state index in [0.717, 1.165) is 5.56 Å². The van der Waals surface area contributed by atoms with Gasteiger partial charge in [0.15, 0.2) is 22.5 Å². The molecule has 0 radical (unpaired) electrons. The molecule has 1 saturated heterocycles. The summed E-state index contributed by atoms with van der Waals surface area (Å²) in [6.45, 7) is 0.264. The van der Waals surface area contributed by atoms with E-state index in [0.29, 0.717) is 21.8 Å². The Labute approximate surface area is 281 Å². The van der Waals surface area contributed by atoms with E-state index in [1.54, 1.807) is 83.8 Å². The molecule has 2 aliphatic heterocycles. The number of halogens is 2. The second-order valence-corrected chi connectivity index (χ2v) is 12.7. The summed E-state index contributed by atoms with van der Waals surface area (Å²) in [4.78, 5) is 47.1. The molecule has 2 unspecified atom stereocenters.